The summed E-state index contributed by atoms with van der Waals surface area (Å²) in [7, 11) is 1.70. The van der Waals surface area contributed by atoms with Crippen molar-refractivity contribution in [2.75, 3.05) is 13.1 Å². The molecule has 3 aromatic rings. The lowest BCUT2D eigenvalue weighted by molar-refractivity contribution is 0.0701. The van der Waals surface area contributed by atoms with E-state index in [-0.39, 0.29) is 22.9 Å². The van der Waals surface area contributed by atoms with E-state index in [4.69, 9.17) is 0 Å². The van der Waals surface area contributed by atoms with Gasteiger partial charge in [0.25, 0.3) is 11.5 Å². The standard InChI is InChI=1S/C20H23N5O2/c1-13-11-14(2)23(3)19(26)17(13)20(27)24-9-6-7-15(12-24)18-22-21-16-8-4-5-10-25(16)18/h4-5,8,10-11,15H,6-7,9,12H2,1-3H3/t15-/m1/s1. The van der Waals surface area contributed by atoms with Crippen molar-refractivity contribution in [1.82, 2.24) is 24.1 Å². The highest BCUT2D eigenvalue weighted by Crippen LogP contribution is 2.27. The van der Waals surface area contributed by atoms with Gasteiger partial charge in [0.15, 0.2) is 5.65 Å². The predicted molar refractivity (Wildman–Crippen MR) is 102 cm³/mol. The molecule has 140 valence electrons. The highest BCUT2D eigenvalue weighted by molar-refractivity contribution is 5.95. The van der Waals surface area contributed by atoms with Crippen LogP contribution in [-0.4, -0.2) is 43.1 Å². The van der Waals surface area contributed by atoms with Crippen LogP contribution in [0.4, 0.5) is 0 Å². The average Bonchev–Trinajstić information content (AvgIpc) is 3.10. The molecule has 1 aliphatic heterocycles. The molecule has 7 nitrogen and oxygen atoms in total. The second-order valence-electron chi connectivity index (χ2n) is 7.29. The van der Waals surface area contributed by atoms with Gasteiger partial charge in [0.1, 0.15) is 11.4 Å². The van der Waals surface area contributed by atoms with Gasteiger partial charge in [0.2, 0.25) is 0 Å². The zero-order chi connectivity index (χ0) is 19.1. The minimum absolute atomic E-state index is 0.106. The fourth-order valence-electron chi connectivity index (χ4n) is 3.91. The number of carbonyl (C=O) groups excluding carboxylic acids is 1. The molecule has 4 heterocycles. The number of hydrogen-bond acceptors (Lipinski definition) is 4. The number of likely N-dealkylation sites (tertiary alicyclic amines) is 1. The van der Waals surface area contributed by atoms with Crippen LogP contribution in [0, 0.1) is 13.8 Å². The normalized spacial score (nSPS) is 17.4. The van der Waals surface area contributed by atoms with Crippen molar-refractivity contribution in [2.24, 2.45) is 7.05 Å². The highest BCUT2D eigenvalue weighted by atomic mass is 16.2. The van der Waals surface area contributed by atoms with Crippen LogP contribution in [0.3, 0.4) is 0 Å². The zero-order valence-corrected chi connectivity index (χ0v) is 15.8. The number of amides is 1. The number of nitrogens with zero attached hydrogens (tertiary/aromatic N) is 5. The molecule has 0 bridgehead atoms. The third-order valence-electron chi connectivity index (χ3n) is 5.50. The van der Waals surface area contributed by atoms with E-state index < -0.39 is 0 Å². The minimum atomic E-state index is -0.229. The first kappa shape index (κ1) is 17.5. The number of aromatic nitrogens is 4. The molecular weight excluding hydrogens is 342 g/mol. The molecule has 0 aromatic carbocycles. The highest BCUT2D eigenvalue weighted by Gasteiger charge is 2.30. The third kappa shape index (κ3) is 2.93. The fourth-order valence-corrected chi connectivity index (χ4v) is 3.91. The Hall–Kier alpha value is -2.96. The molecule has 1 saturated heterocycles. The molecule has 0 saturated carbocycles. The molecule has 1 amide bonds. The molecule has 4 rings (SSSR count). The predicted octanol–water partition coefficient (Wildman–Crippen LogP) is 2.06. The van der Waals surface area contributed by atoms with Gasteiger partial charge < -0.3 is 9.47 Å². The van der Waals surface area contributed by atoms with Crippen molar-refractivity contribution in [2.45, 2.75) is 32.6 Å². The molecule has 1 aliphatic rings. The van der Waals surface area contributed by atoms with Crippen molar-refractivity contribution >= 4 is 11.6 Å². The van der Waals surface area contributed by atoms with E-state index >= 15 is 0 Å². The maximum atomic E-state index is 13.2. The molecule has 0 radical (unpaired) electrons. The van der Waals surface area contributed by atoms with E-state index in [1.807, 2.05) is 48.7 Å². The summed E-state index contributed by atoms with van der Waals surface area (Å²) < 4.78 is 3.52. The van der Waals surface area contributed by atoms with Crippen LogP contribution in [0.5, 0.6) is 0 Å². The van der Waals surface area contributed by atoms with Gasteiger partial charge in [-0.3, -0.25) is 14.0 Å². The van der Waals surface area contributed by atoms with Gasteiger partial charge in [-0.2, -0.15) is 0 Å². The van der Waals surface area contributed by atoms with Crippen molar-refractivity contribution in [3.8, 4) is 0 Å². The summed E-state index contributed by atoms with van der Waals surface area (Å²) in [6.07, 6.45) is 3.78. The van der Waals surface area contributed by atoms with Crippen LogP contribution in [0.1, 0.15) is 46.2 Å². The Bertz CT molecular complexity index is 1080. The monoisotopic (exact) mass is 365 g/mol. The van der Waals surface area contributed by atoms with Crippen LogP contribution >= 0.6 is 0 Å². The van der Waals surface area contributed by atoms with Gasteiger partial charge in [-0.1, -0.05) is 6.07 Å². The first-order valence-electron chi connectivity index (χ1n) is 9.23. The maximum absolute atomic E-state index is 13.2. The van der Waals surface area contributed by atoms with Crippen LogP contribution in [0.2, 0.25) is 0 Å². The first-order chi connectivity index (χ1) is 13.0. The summed E-state index contributed by atoms with van der Waals surface area (Å²) in [6.45, 7) is 4.90. The Kier molecular flexibility index (Phi) is 4.30. The van der Waals surface area contributed by atoms with Crippen LogP contribution in [0.25, 0.3) is 5.65 Å². The Morgan fingerprint density at radius 2 is 2.04 bits per heavy atom. The van der Waals surface area contributed by atoms with E-state index in [0.717, 1.165) is 35.6 Å². The number of fused-ring (bicyclic) bond motifs is 1. The van der Waals surface area contributed by atoms with E-state index in [0.29, 0.717) is 13.1 Å². The molecule has 3 aromatic heterocycles. The number of carbonyl (C=O) groups is 1. The van der Waals surface area contributed by atoms with Crippen LogP contribution in [0.15, 0.2) is 35.3 Å². The van der Waals surface area contributed by atoms with Gasteiger partial charge in [-0.25, -0.2) is 0 Å². The second kappa shape index (κ2) is 6.64. The van der Waals surface area contributed by atoms with Gasteiger partial charge >= 0.3 is 0 Å². The summed E-state index contributed by atoms with van der Waals surface area (Å²) in [5, 5.41) is 8.58. The van der Waals surface area contributed by atoms with Gasteiger partial charge in [-0.15, -0.1) is 10.2 Å². The van der Waals surface area contributed by atoms with Crippen LogP contribution < -0.4 is 5.56 Å². The summed E-state index contributed by atoms with van der Waals surface area (Å²) in [5.74, 6) is 0.790. The Labute approximate surface area is 157 Å². The summed E-state index contributed by atoms with van der Waals surface area (Å²) >= 11 is 0. The van der Waals surface area contributed by atoms with E-state index in [9.17, 15) is 9.59 Å². The largest absolute Gasteiger partial charge is 0.338 e. The molecule has 0 N–H and O–H groups in total. The number of aryl methyl sites for hydroxylation is 2. The molecular formula is C20H23N5O2. The molecule has 0 unspecified atom stereocenters. The van der Waals surface area contributed by atoms with Gasteiger partial charge in [0, 0.05) is 37.9 Å². The second-order valence-corrected chi connectivity index (χ2v) is 7.29. The van der Waals surface area contributed by atoms with Crippen molar-refractivity contribution < 1.29 is 4.79 Å². The SMILES string of the molecule is Cc1cc(C)n(C)c(=O)c1C(=O)N1CCC[C@@H](c2nnc3ccccn23)C1. The summed E-state index contributed by atoms with van der Waals surface area (Å²) in [5.41, 5.74) is 2.43. The molecule has 27 heavy (non-hydrogen) atoms. The number of hydrogen-bond donors (Lipinski definition) is 0. The topological polar surface area (TPSA) is 72.5 Å². The van der Waals surface area contributed by atoms with Gasteiger partial charge in [-0.05, 0) is 50.5 Å². The lowest BCUT2D eigenvalue weighted by Crippen LogP contribution is -2.42. The average molecular weight is 365 g/mol. The van der Waals surface area contributed by atoms with E-state index in [1.165, 1.54) is 4.57 Å². The van der Waals surface area contributed by atoms with Gasteiger partial charge in [0.05, 0.1) is 0 Å². The minimum Gasteiger partial charge on any atom is -0.338 e. The van der Waals surface area contributed by atoms with Crippen molar-refractivity contribution in [3.63, 3.8) is 0 Å². The number of pyridine rings is 2. The summed E-state index contributed by atoms with van der Waals surface area (Å²) in [6, 6.07) is 7.69. The Morgan fingerprint density at radius 1 is 1.22 bits per heavy atom. The lowest BCUT2D eigenvalue weighted by Gasteiger charge is -2.32. The molecule has 1 atom stereocenters. The molecule has 7 heteroatoms. The first-order valence-corrected chi connectivity index (χ1v) is 9.23. The number of rotatable bonds is 2. The smallest absolute Gasteiger partial charge is 0.263 e. The molecule has 0 spiro atoms. The summed E-state index contributed by atoms with van der Waals surface area (Å²) in [4.78, 5) is 27.6. The fraction of sp³-hybridized carbons (Fsp3) is 0.400. The van der Waals surface area contributed by atoms with E-state index in [2.05, 4.69) is 10.2 Å². The van der Waals surface area contributed by atoms with Crippen molar-refractivity contribution in [1.29, 1.82) is 0 Å². The van der Waals surface area contributed by atoms with E-state index in [1.54, 1.807) is 11.9 Å². The van der Waals surface area contributed by atoms with Crippen molar-refractivity contribution in [3.05, 3.63) is 63.5 Å². The Morgan fingerprint density at radius 3 is 2.85 bits per heavy atom. The molecule has 0 aliphatic carbocycles. The third-order valence-corrected chi connectivity index (χ3v) is 5.50. The number of piperidine rings is 1. The van der Waals surface area contributed by atoms with Crippen LogP contribution in [-0.2, 0) is 7.05 Å². The Balaban J connectivity index is 1.65. The zero-order valence-electron chi connectivity index (χ0n) is 15.8. The lowest BCUT2D eigenvalue weighted by atomic mass is 9.96. The maximum Gasteiger partial charge on any atom is 0.263 e. The quantitative estimate of drug-likeness (QED) is 0.697. The molecule has 1 fully saturated rings.